The van der Waals surface area contributed by atoms with Gasteiger partial charge in [-0.15, -0.1) is 24.8 Å². The van der Waals surface area contributed by atoms with Crippen LogP contribution in [0.25, 0.3) is 0 Å². The standard InChI is InChI=1S/C12H20N4O.2ClH/c1-8(2)10-6-16(7-11(10)13)12-14-4-9(17-3)5-15-12;;/h4-5,8,10-11H,6-7,13H2,1-3H3;2*1H/t10-,11+;;/m1../s1. The smallest absolute Gasteiger partial charge is 0.225 e. The van der Waals surface area contributed by atoms with Crippen LogP contribution in [0.2, 0.25) is 0 Å². The van der Waals surface area contributed by atoms with Crippen molar-refractivity contribution in [1.82, 2.24) is 9.97 Å². The third-order valence-electron chi connectivity index (χ3n) is 3.40. The first-order valence-corrected chi connectivity index (χ1v) is 5.98. The van der Waals surface area contributed by atoms with Crippen molar-refractivity contribution in [2.45, 2.75) is 19.9 Å². The molecule has 1 saturated heterocycles. The van der Waals surface area contributed by atoms with E-state index >= 15 is 0 Å². The minimum atomic E-state index is 0. The Hall–Kier alpha value is -0.780. The molecule has 5 nitrogen and oxygen atoms in total. The molecule has 0 aromatic carbocycles. The molecule has 0 spiro atoms. The quantitative estimate of drug-likeness (QED) is 0.921. The minimum absolute atomic E-state index is 0. The predicted octanol–water partition coefficient (Wildman–Crippen LogP) is 1.75. The summed E-state index contributed by atoms with van der Waals surface area (Å²) < 4.78 is 5.04. The summed E-state index contributed by atoms with van der Waals surface area (Å²) in [6.45, 7) is 6.19. The van der Waals surface area contributed by atoms with Crippen molar-refractivity contribution in [2.75, 3.05) is 25.1 Å². The number of hydrogen-bond acceptors (Lipinski definition) is 5. The van der Waals surface area contributed by atoms with E-state index in [0.717, 1.165) is 19.0 Å². The Kier molecular flexibility index (Phi) is 7.41. The van der Waals surface area contributed by atoms with E-state index in [1.807, 2.05) is 0 Å². The van der Waals surface area contributed by atoms with Gasteiger partial charge in [0.25, 0.3) is 0 Å². The molecule has 0 saturated carbocycles. The highest BCUT2D eigenvalue weighted by Crippen LogP contribution is 2.25. The normalized spacial score (nSPS) is 21.8. The second-order valence-corrected chi connectivity index (χ2v) is 4.90. The van der Waals surface area contributed by atoms with Gasteiger partial charge in [-0.1, -0.05) is 13.8 Å². The van der Waals surface area contributed by atoms with E-state index in [1.165, 1.54) is 0 Å². The molecule has 0 amide bonds. The van der Waals surface area contributed by atoms with Crippen molar-refractivity contribution in [2.24, 2.45) is 17.6 Å². The van der Waals surface area contributed by atoms with E-state index in [4.69, 9.17) is 10.5 Å². The number of aromatic nitrogens is 2. The van der Waals surface area contributed by atoms with E-state index in [2.05, 4.69) is 28.7 Å². The molecule has 1 aromatic rings. The zero-order valence-corrected chi connectivity index (χ0v) is 13.1. The molecule has 2 N–H and O–H groups in total. The molecule has 110 valence electrons. The second kappa shape index (κ2) is 7.72. The molecule has 0 aliphatic carbocycles. The van der Waals surface area contributed by atoms with E-state index < -0.39 is 0 Å². The summed E-state index contributed by atoms with van der Waals surface area (Å²) in [6.07, 6.45) is 3.38. The van der Waals surface area contributed by atoms with Crippen LogP contribution in [-0.4, -0.2) is 36.2 Å². The molecule has 2 heterocycles. The van der Waals surface area contributed by atoms with E-state index in [-0.39, 0.29) is 30.9 Å². The van der Waals surface area contributed by atoms with Crippen molar-refractivity contribution in [3.63, 3.8) is 0 Å². The minimum Gasteiger partial charge on any atom is -0.494 e. The van der Waals surface area contributed by atoms with E-state index in [9.17, 15) is 0 Å². The summed E-state index contributed by atoms with van der Waals surface area (Å²) in [5, 5.41) is 0. The van der Waals surface area contributed by atoms with Gasteiger partial charge in [-0.2, -0.15) is 0 Å². The summed E-state index contributed by atoms with van der Waals surface area (Å²) >= 11 is 0. The predicted molar refractivity (Wildman–Crippen MR) is 81.6 cm³/mol. The summed E-state index contributed by atoms with van der Waals surface area (Å²) in [5.74, 6) is 2.52. The van der Waals surface area contributed by atoms with Gasteiger partial charge in [0.05, 0.1) is 19.5 Å². The molecule has 0 unspecified atom stereocenters. The van der Waals surface area contributed by atoms with Crippen molar-refractivity contribution < 1.29 is 4.74 Å². The molecular weight excluding hydrogens is 287 g/mol. The first-order valence-electron chi connectivity index (χ1n) is 5.98. The number of rotatable bonds is 3. The maximum absolute atomic E-state index is 6.14. The summed E-state index contributed by atoms with van der Waals surface area (Å²) in [4.78, 5) is 10.7. The van der Waals surface area contributed by atoms with Crippen molar-refractivity contribution in [1.29, 1.82) is 0 Å². The lowest BCUT2D eigenvalue weighted by atomic mass is 9.92. The van der Waals surface area contributed by atoms with Crippen LogP contribution in [0.15, 0.2) is 12.4 Å². The SMILES string of the molecule is COc1cnc(N2C[C@H](C(C)C)[C@@H](N)C2)nc1.Cl.Cl. The summed E-state index contributed by atoms with van der Waals surface area (Å²) in [5.41, 5.74) is 6.14. The van der Waals surface area contributed by atoms with Gasteiger partial charge in [-0.3, -0.25) is 0 Å². The van der Waals surface area contributed by atoms with Gasteiger partial charge in [0.15, 0.2) is 5.75 Å². The van der Waals surface area contributed by atoms with Gasteiger partial charge in [0.2, 0.25) is 5.95 Å². The number of hydrogen-bond donors (Lipinski definition) is 1. The van der Waals surface area contributed by atoms with Gasteiger partial charge < -0.3 is 15.4 Å². The van der Waals surface area contributed by atoms with Crippen LogP contribution in [0.1, 0.15) is 13.8 Å². The van der Waals surface area contributed by atoms with Crippen LogP contribution in [-0.2, 0) is 0 Å². The lowest BCUT2D eigenvalue weighted by Gasteiger charge is -2.18. The zero-order valence-electron chi connectivity index (χ0n) is 11.4. The average molecular weight is 309 g/mol. The fraction of sp³-hybridized carbons (Fsp3) is 0.667. The van der Waals surface area contributed by atoms with Crippen LogP contribution in [0, 0.1) is 11.8 Å². The van der Waals surface area contributed by atoms with Gasteiger partial charge >= 0.3 is 0 Å². The zero-order chi connectivity index (χ0) is 12.4. The van der Waals surface area contributed by atoms with Gasteiger partial charge in [0, 0.05) is 19.1 Å². The van der Waals surface area contributed by atoms with E-state index in [0.29, 0.717) is 17.6 Å². The number of methoxy groups -OCH3 is 1. The molecule has 1 aliphatic heterocycles. The van der Waals surface area contributed by atoms with Gasteiger partial charge in [0.1, 0.15) is 0 Å². The van der Waals surface area contributed by atoms with Crippen LogP contribution < -0.4 is 15.4 Å². The van der Waals surface area contributed by atoms with Crippen LogP contribution in [0.4, 0.5) is 5.95 Å². The number of anilines is 1. The molecule has 0 bridgehead atoms. The topological polar surface area (TPSA) is 64.3 Å². The highest BCUT2D eigenvalue weighted by atomic mass is 35.5. The summed E-state index contributed by atoms with van der Waals surface area (Å²) in [6, 6.07) is 0.209. The Labute approximate surface area is 126 Å². The maximum atomic E-state index is 6.14. The molecular formula is C12H22Cl2N4O. The monoisotopic (exact) mass is 308 g/mol. The molecule has 19 heavy (non-hydrogen) atoms. The Morgan fingerprint density at radius 2 is 1.84 bits per heavy atom. The first-order chi connectivity index (χ1) is 8.11. The lowest BCUT2D eigenvalue weighted by Crippen LogP contribution is -2.32. The third kappa shape index (κ3) is 4.09. The van der Waals surface area contributed by atoms with Crippen molar-refractivity contribution >= 4 is 30.8 Å². The molecule has 2 rings (SSSR count). The average Bonchev–Trinajstić information content (AvgIpc) is 2.71. The number of nitrogens with zero attached hydrogens (tertiary/aromatic N) is 3. The molecule has 0 radical (unpaired) electrons. The molecule has 1 fully saturated rings. The van der Waals surface area contributed by atoms with Crippen molar-refractivity contribution in [3.05, 3.63) is 12.4 Å². The Morgan fingerprint density at radius 3 is 2.26 bits per heavy atom. The fourth-order valence-electron chi connectivity index (χ4n) is 2.30. The molecule has 2 atom stereocenters. The van der Waals surface area contributed by atoms with Crippen LogP contribution in [0.5, 0.6) is 5.75 Å². The molecule has 7 heteroatoms. The Morgan fingerprint density at radius 1 is 1.26 bits per heavy atom. The summed E-state index contributed by atoms with van der Waals surface area (Å²) in [7, 11) is 1.61. The third-order valence-corrected chi connectivity index (χ3v) is 3.40. The molecule has 1 aromatic heterocycles. The lowest BCUT2D eigenvalue weighted by molar-refractivity contribution is 0.382. The second-order valence-electron chi connectivity index (χ2n) is 4.90. The fourth-order valence-corrected chi connectivity index (χ4v) is 2.30. The van der Waals surface area contributed by atoms with E-state index in [1.54, 1.807) is 19.5 Å². The highest BCUT2D eigenvalue weighted by molar-refractivity contribution is 5.85. The largest absolute Gasteiger partial charge is 0.494 e. The number of halogens is 2. The van der Waals surface area contributed by atoms with Crippen molar-refractivity contribution in [3.8, 4) is 5.75 Å². The van der Waals surface area contributed by atoms with Gasteiger partial charge in [-0.25, -0.2) is 9.97 Å². The highest BCUT2D eigenvalue weighted by Gasteiger charge is 2.33. The van der Waals surface area contributed by atoms with Crippen LogP contribution >= 0.6 is 24.8 Å². The van der Waals surface area contributed by atoms with Gasteiger partial charge in [-0.05, 0) is 11.8 Å². The molecule has 1 aliphatic rings. The van der Waals surface area contributed by atoms with Crippen LogP contribution in [0.3, 0.4) is 0 Å². The first kappa shape index (κ1) is 18.2. The Balaban J connectivity index is 0.00000162. The number of ether oxygens (including phenoxy) is 1. The Bertz CT molecular complexity index is 374. The maximum Gasteiger partial charge on any atom is 0.225 e. The number of nitrogens with two attached hydrogens (primary N) is 1.